The Kier molecular flexibility index (Phi) is 3.29. The molecule has 0 N–H and O–H groups in total. The number of carbonyl (C=O) groups excluding carboxylic acids is 2. The zero-order valence-electron chi connectivity index (χ0n) is 7.20. The molecule has 0 bridgehead atoms. The summed E-state index contributed by atoms with van der Waals surface area (Å²) in [6.45, 7) is 4.09. The fourth-order valence-corrected chi connectivity index (χ4v) is 1.83. The molecule has 0 radical (unpaired) electrons. The molecule has 1 aliphatic heterocycles. The van der Waals surface area contributed by atoms with E-state index in [0.29, 0.717) is 5.25 Å². The number of hydrogen-bond acceptors (Lipinski definition) is 4. The van der Waals surface area contributed by atoms with Gasteiger partial charge in [0.15, 0.2) is 17.0 Å². The van der Waals surface area contributed by atoms with E-state index in [9.17, 15) is 9.59 Å². The molecule has 0 aromatic carbocycles. The van der Waals surface area contributed by atoms with Crippen molar-refractivity contribution < 1.29 is 14.3 Å². The molecule has 0 aliphatic carbocycles. The Morgan fingerprint density at radius 3 is 2.67 bits per heavy atom. The molecular formula is C8H12O3S. The zero-order chi connectivity index (χ0) is 9.14. The van der Waals surface area contributed by atoms with E-state index >= 15 is 0 Å². The maximum atomic E-state index is 11.2. The predicted molar refractivity (Wildman–Crippen MR) is 47.1 cm³/mol. The van der Waals surface area contributed by atoms with Gasteiger partial charge in [-0.2, -0.15) is 0 Å². The van der Waals surface area contributed by atoms with Gasteiger partial charge in [0.2, 0.25) is 0 Å². The van der Waals surface area contributed by atoms with E-state index in [1.165, 1.54) is 11.8 Å². The van der Waals surface area contributed by atoms with E-state index < -0.39 is 5.44 Å². The Labute approximate surface area is 75.8 Å². The third kappa shape index (κ3) is 2.60. The average Bonchev–Trinajstić information content (AvgIpc) is 1.94. The smallest absolute Gasteiger partial charge is 0.179 e. The first-order valence-corrected chi connectivity index (χ1v) is 4.85. The van der Waals surface area contributed by atoms with Gasteiger partial charge in [0, 0.05) is 5.25 Å². The van der Waals surface area contributed by atoms with Gasteiger partial charge in [0.25, 0.3) is 0 Å². The molecule has 1 saturated heterocycles. The summed E-state index contributed by atoms with van der Waals surface area (Å²) >= 11 is 1.46. The van der Waals surface area contributed by atoms with E-state index in [1.807, 2.05) is 13.8 Å². The zero-order valence-corrected chi connectivity index (χ0v) is 8.02. The van der Waals surface area contributed by atoms with Crippen LogP contribution in [-0.4, -0.2) is 28.9 Å². The third-order valence-corrected chi connectivity index (χ3v) is 2.62. The summed E-state index contributed by atoms with van der Waals surface area (Å²) in [5.41, 5.74) is -0.414. The third-order valence-electron chi connectivity index (χ3n) is 1.43. The lowest BCUT2D eigenvalue weighted by Crippen LogP contribution is -2.33. The fourth-order valence-electron chi connectivity index (χ4n) is 0.953. The second kappa shape index (κ2) is 4.05. The van der Waals surface area contributed by atoms with Crippen LogP contribution >= 0.6 is 11.8 Å². The van der Waals surface area contributed by atoms with Crippen LogP contribution in [0, 0.1) is 0 Å². The van der Waals surface area contributed by atoms with Gasteiger partial charge >= 0.3 is 0 Å². The number of carbonyl (C=O) groups is 2. The molecule has 1 heterocycles. The van der Waals surface area contributed by atoms with Crippen LogP contribution in [0.5, 0.6) is 0 Å². The Hall–Kier alpha value is -0.350. The van der Waals surface area contributed by atoms with E-state index in [2.05, 4.69) is 0 Å². The van der Waals surface area contributed by atoms with Crippen molar-refractivity contribution >= 4 is 23.3 Å². The highest BCUT2D eigenvalue weighted by Gasteiger charge is 2.28. The summed E-state index contributed by atoms with van der Waals surface area (Å²) in [7, 11) is 0. The van der Waals surface area contributed by atoms with Crippen molar-refractivity contribution in [3.05, 3.63) is 0 Å². The van der Waals surface area contributed by atoms with E-state index in [1.54, 1.807) is 0 Å². The minimum Gasteiger partial charge on any atom is -0.352 e. The summed E-state index contributed by atoms with van der Waals surface area (Å²) in [6, 6.07) is 0. The summed E-state index contributed by atoms with van der Waals surface area (Å²) in [4.78, 5) is 21.9. The Balaban J connectivity index is 2.45. The molecule has 1 rings (SSSR count). The first kappa shape index (κ1) is 9.74. The Bertz CT molecular complexity index is 200. The van der Waals surface area contributed by atoms with Crippen LogP contribution in [0.15, 0.2) is 0 Å². The number of hydrogen-bond donors (Lipinski definition) is 0. The topological polar surface area (TPSA) is 43.4 Å². The van der Waals surface area contributed by atoms with E-state index in [-0.39, 0.29) is 24.6 Å². The molecule has 0 aromatic heterocycles. The molecule has 68 valence electrons. The molecule has 12 heavy (non-hydrogen) atoms. The largest absolute Gasteiger partial charge is 0.352 e. The van der Waals surface area contributed by atoms with Crippen molar-refractivity contribution in [1.82, 2.24) is 0 Å². The summed E-state index contributed by atoms with van der Waals surface area (Å²) in [5.74, 6) is -0.203. The molecule has 4 heteroatoms. The molecule has 0 amide bonds. The van der Waals surface area contributed by atoms with Crippen molar-refractivity contribution in [1.29, 1.82) is 0 Å². The van der Waals surface area contributed by atoms with Crippen molar-refractivity contribution in [3.8, 4) is 0 Å². The number of ether oxygens (including phenoxy) is 1. The average molecular weight is 188 g/mol. The highest BCUT2D eigenvalue weighted by molar-refractivity contribution is 8.01. The molecular weight excluding hydrogens is 176 g/mol. The molecule has 0 spiro atoms. The monoisotopic (exact) mass is 188 g/mol. The minimum atomic E-state index is -0.414. The number of ketones is 2. The molecule has 1 aliphatic rings. The second-order valence-electron chi connectivity index (χ2n) is 3.01. The lowest BCUT2D eigenvalue weighted by atomic mass is 10.2. The lowest BCUT2D eigenvalue weighted by molar-refractivity contribution is -0.140. The van der Waals surface area contributed by atoms with E-state index in [0.717, 1.165) is 0 Å². The number of rotatable bonds is 2. The van der Waals surface area contributed by atoms with Crippen molar-refractivity contribution in [2.75, 3.05) is 6.61 Å². The van der Waals surface area contributed by atoms with Crippen molar-refractivity contribution in [2.45, 2.75) is 31.0 Å². The van der Waals surface area contributed by atoms with Crippen LogP contribution in [0.2, 0.25) is 0 Å². The van der Waals surface area contributed by atoms with Crippen molar-refractivity contribution in [3.63, 3.8) is 0 Å². The Morgan fingerprint density at radius 2 is 2.17 bits per heavy atom. The van der Waals surface area contributed by atoms with Crippen LogP contribution in [0.25, 0.3) is 0 Å². The number of thioether (sulfide) groups is 1. The van der Waals surface area contributed by atoms with Crippen LogP contribution < -0.4 is 0 Å². The first-order chi connectivity index (χ1) is 5.59. The molecule has 1 unspecified atom stereocenters. The van der Waals surface area contributed by atoms with Gasteiger partial charge < -0.3 is 4.74 Å². The van der Waals surface area contributed by atoms with Crippen molar-refractivity contribution in [2.24, 2.45) is 0 Å². The highest BCUT2D eigenvalue weighted by atomic mass is 32.2. The quantitative estimate of drug-likeness (QED) is 0.607. The van der Waals surface area contributed by atoms with Gasteiger partial charge in [0.1, 0.15) is 6.61 Å². The van der Waals surface area contributed by atoms with E-state index in [4.69, 9.17) is 4.74 Å². The maximum Gasteiger partial charge on any atom is 0.179 e. The summed E-state index contributed by atoms with van der Waals surface area (Å²) in [5, 5.41) is 0.354. The SMILES string of the molecule is CC(C)SC1OCC(=O)CC1=O. The maximum absolute atomic E-state index is 11.2. The number of Topliss-reactive ketones (excluding diaryl/α,β-unsaturated/α-hetero) is 2. The molecule has 1 atom stereocenters. The molecule has 3 nitrogen and oxygen atoms in total. The predicted octanol–water partition coefficient (Wildman–Crippen LogP) is 1.01. The summed E-state index contributed by atoms with van der Waals surface area (Å²) in [6.07, 6.45) is 0.0460. The Morgan fingerprint density at radius 1 is 1.50 bits per heavy atom. The van der Waals surface area contributed by atoms with Gasteiger partial charge in [-0.15, -0.1) is 11.8 Å². The highest BCUT2D eigenvalue weighted by Crippen LogP contribution is 2.22. The molecule has 0 saturated carbocycles. The fraction of sp³-hybridized carbons (Fsp3) is 0.750. The van der Waals surface area contributed by atoms with Crippen LogP contribution in [0.1, 0.15) is 20.3 Å². The van der Waals surface area contributed by atoms with Crippen LogP contribution in [0.4, 0.5) is 0 Å². The first-order valence-electron chi connectivity index (χ1n) is 3.91. The van der Waals surface area contributed by atoms with Gasteiger partial charge in [0.05, 0.1) is 6.42 Å². The second-order valence-corrected chi connectivity index (χ2v) is 4.65. The normalized spacial score (nSPS) is 25.1. The minimum absolute atomic E-state index is 0.0460. The van der Waals surface area contributed by atoms with Gasteiger partial charge in [-0.25, -0.2) is 0 Å². The van der Waals surface area contributed by atoms with Gasteiger partial charge in [-0.1, -0.05) is 13.8 Å². The van der Waals surface area contributed by atoms with Crippen LogP contribution in [0.3, 0.4) is 0 Å². The molecule has 0 aromatic rings. The standard InChI is InChI=1S/C8H12O3S/c1-5(2)12-8-7(10)3-6(9)4-11-8/h5,8H,3-4H2,1-2H3. The summed E-state index contributed by atoms with van der Waals surface area (Å²) < 4.78 is 5.08. The molecule has 1 fully saturated rings. The van der Waals surface area contributed by atoms with Gasteiger partial charge in [-0.05, 0) is 0 Å². The van der Waals surface area contributed by atoms with Crippen LogP contribution in [-0.2, 0) is 14.3 Å². The lowest BCUT2D eigenvalue weighted by Gasteiger charge is -2.21. The van der Waals surface area contributed by atoms with Gasteiger partial charge in [-0.3, -0.25) is 9.59 Å².